The van der Waals surface area contributed by atoms with Crippen molar-refractivity contribution >= 4 is 5.91 Å². The zero-order valence-corrected chi connectivity index (χ0v) is 22.8. The Bertz CT molecular complexity index is 1130. The summed E-state index contributed by atoms with van der Waals surface area (Å²) < 4.78 is 6.21. The van der Waals surface area contributed by atoms with Crippen LogP contribution in [-0.4, -0.2) is 29.3 Å². The standard InChI is InChI=1S/C31H43NO4/c1-7-30(3,4)21-12-13-25(23(17-21)31(5,6)8-2)36-15-9-14-32-29(35)22-18-24(33)26-19-10-11-20(16-19)27(26)28(22)34/h12-13,17-20,33-34H,7-11,14-16H2,1-6H3,(H,32,35). The normalized spacial score (nSPS) is 18.8. The molecular weight excluding hydrogens is 450 g/mol. The van der Waals surface area contributed by atoms with E-state index >= 15 is 0 Å². The molecule has 0 radical (unpaired) electrons. The second-order valence-corrected chi connectivity index (χ2v) is 12.0. The Hall–Kier alpha value is -2.69. The fourth-order valence-corrected chi connectivity index (χ4v) is 5.77. The molecule has 0 aromatic heterocycles. The van der Waals surface area contributed by atoms with Gasteiger partial charge in [0.05, 0.1) is 12.2 Å². The van der Waals surface area contributed by atoms with E-state index in [2.05, 4.69) is 65.1 Å². The largest absolute Gasteiger partial charge is 0.508 e. The third-order valence-electron chi connectivity index (χ3n) is 8.97. The number of amides is 1. The highest BCUT2D eigenvalue weighted by Gasteiger charge is 2.42. The maximum Gasteiger partial charge on any atom is 0.255 e. The number of rotatable bonds is 10. The predicted molar refractivity (Wildman–Crippen MR) is 145 cm³/mol. The van der Waals surface area contributed by atoms with E-state index in [1.165, 1.54) is 17.2 Å². The van der Waals surface area contributed by atoms with Gasteiger partial charge < -0.3 is 20.3 Å². The molecule has 2 aromatic carbocycles. The molecule has 2 bridgehead atoms. The fourth-order valence-electron chi connectivity index (χ4n) is 5.77. The number of nitrogens with one attached hydrogen (secondary N) is 1. The zero-order chi connectivity index (χ0) is 26.3. The number of benzene rings is 2. The first-order valence-electron chi connectivity index (χ1n) is 13.6. The van der Waals surface area contributed by atoms with Crippen LogP contribution >= 0.6 is 0 Å². The van der Waals surface area contributed by atoms with Crippen LogP contribution in [0.25, 0.3) is 0 Å². The number of aromatic hydroxyl groups is 2. The Morgan fingerprint density at radius 2 is 1.67 bits per heavy atom. The van der Waals surface area contributed by atoms with Crippen LogP contribution in [0.4, 0.5) is 0 Å². The van der Waals surface area contributed by atoms with Crippen molar-refractivity contribution in [1.29, 1.82) is 0 Å². The highest BCUT2D eigenvalue weighted by Crippen LogP contribution is 2.59. The van der Waals surface area contributed by atoms with Gasteiger partial charge in [-0.25, -0.2) is 0 Å². The van der Waals surface area contributed by atoms with Gasteiger partial charge in [-0.15, -0.1) is 0 Å². The van der Waals surface area contributed by atoms with Crippen LogP contribution in [0.15, 0.2) is 24.3 Å². The number of fused-ring (bicyclic) bond motifs is 5. The molecule has 0 heterocycles. The smallest absolute Gasteiger partial charge is 0.255 e. The highest BCUT2D eigenvalue weighted by atomic mass is 16.5. The lowest BCUT2D eigenvalue weighted by Gasteiger charge is -2.30. The third kappa shape index (κ3) is 4.81. The van der Waals surface area contributed by atoms with Crippen molar-refractivity contribution in [3.63, 3.8) is 0 Å². The van der Waals surface area contributed by atoms with Gasteiger partial charge in [0.25, 0.3) is 5.91 Å². The van der Waals surface area contributed by atoms with Crippen molar-refractivity contribution in [2.45, 2.75) is 103 Å². The lowest BCUT2D eigenvalue weighted by Crippen LogP contribution is -2.26. The summed E-state index contributed by atoms with van der Waals surface area (Å²) in [6.07, 6.45) is 5.74. The molecule has 5 heteroatoms. The van der Waals surface area contributed by atoms with Gasteiger partial charge in [0.15, 0.2) is 0 Å². The number of hydrogen-bond acceptors (Lipinski definition) is 4. The molecule has 2 unspecified atom stereocenters. The van der Waals surface area contributed by atoms with Gasteiger partial charge in [0.1, 0.15) is 17.2 Å². The van der Waals surface area contributed by atoms with E-state index in [9.17, 15) is 15.0 Å². The number of phenolic OH excluding ortho intramolecular Hbond substituents is 2. The van der Waals surface area contributed by atoms with Gasteiger partial charge in [-0.3, -0.25) is 4.79 Å². The molecule has 2 aromatic rings. The van der Waals surface area contributed by atoms with Crippen LogP contribution in [0.1, 0.15) is 125 Å². The van der Waals surface area contributed by atoms with E-state index in [4.69, 9.17) is 4.74 Å². The second-order valence-electron chi connectivity index (χ2n) is 12.0. The Labute approximate surface area is 216 Å². The van der Waals surface area contributed by atoms with Crippen LogP contribution in [0.2, 0.25) is 0 Å². The minimum Gasteiger partial charge on any atom is -0.508 e. The molecule has 0 spiro atoms. The van der Waals surface area contributed by atoms with E-state index in [0.29, 0.717) is 25.5 Å². The highest BCUT2D eigenvalue weighted by molar-refractivity contribution is 5.98. The maximum atomic E-state index is 12.8. The zero-order valence-electron chi connectivity index (χ0n) is 22.8. The molecule has 1 fully saturated rings. The topological polar surface area (TPSA) is 78.8 Å². The average Bonchev–Trinajstić information content (AvgIpc) is 3.48. The van der Waals surface area contributed by atoms with Crippen LogP contribution in [0, 0.1) is 0 Å². The minimum atomic E-state index is -0.354. The average molecular weight is 494 g/mol. The lowest BCUT2D eigenvalue weighted by molar-refractivity contribution is 0.0948. The summed E-state index contributed by atoms with van der Waals surface area (Å²) in [5, 5.41) is 24.2. The third-order valence-corrected chi connectivity index (χ3v) is 8.97. The van der Waals surface area contributed by atoms with E-state index in [0.717, 1.165) is 49.0 Å². The molecule has 0 aliphatic heterocycles. The van der Waals surface area contributed by atoms with Crippen molar-refractivity contribution < 1.29 is 19.7 Å². The number of hydrogen-bond donors (Lipinski definition) is 3. The first-order chi connectivity index (χ1) is 17.0. The predicted octanol–water partition coefficient (Wildman–Crippen LogP) is 7.04. The van der Waals surface area contributed by atoms with Crippen molar-refractivity contribution in [1.82, 2.24) is 5.32 Å². The maximum absolute atomic E-state index is 12.8. The first kappa shape index (κ1) is 26.4. The molecule has 1 saturated carbocycles. The SMILES string of the molecule is CCC(C)(C)c1ccc(OCCCNC(=O)c2cc(O)c3c(c2O)C2CCC3C2)c(C(C)(C)CC)c1. The van der Waals surface area contributed by atoms with Gasteiger partial charge in [0, 0.05) is 23.2 Å². The van der Waals surface area contributed by atoms with Gasteiger partial charge in [0.2, 0.25) is 0 Å². The molecule has 0 saturated heterocycles. The Kier molecular flexibility index (Phi) is 7.32. The van der Waals surface area contributed by atoms with Gasteiger partial charge in [-0.2, -0.15) is 0 Å². The molecule has 1 amide bonds. The Morgan fingerprint density at radius 3 is 2.33 bits per heavy atom. The molecule has 4 rings (SSSR count). The van der Waals surface area contributed by atoms with E-state index in [1.54, 1.807) is 0 Å². The van der Waals surface area contributed by atoms with Crippen LogP contribution in [0.3, 0.4) is 0 Å². The molecule has 2 atom stereocenters. The molecule has 196 valence electrons. The van der Waals surface area contributed by atoms with Crippen LogP contribution in [-0.2, 0) is 10.8 Å². The van der Waals surface area contributed by atoms with Gasteiger partial charge in [-0.1, -0.05) is 53.7 Å². The number of ether oxygens (including phenoxy) is 1. The van der Waals surface area contributed by atoms with Crippen LogP contribution in [0.5, 0.6) is 17.2 Å². The van der Waals surface area contributed by atoms with Crippen molar-refractivity contribution in [2.24, 2.45) is 0 Å². The summed E-state index contributed by atoms with van der Waals surface area (Å²) in [6.45, 7) is 14.4. The second kappa shape index (κ2) is 9.99. The molecule has 5 nitrogen and oxygen atoms in total. The monoisotopic (exact) mass is 493 g/mol. The summed E-state index contributed by atoms with van der Waals surface area (Å²) >= 11 is 0. The molecule has 2 aliphatic carbocycles. The van der Waals surface area contributed by atoms with Gasteiger partial charge >= 0.3 is 0 Å². The summed E-state index contributed by atoms with van der Waals surface area (Å²) in [5.41, 5.74) is 4.47. The van der Waals surface area contributed by atoms with Crippen molar-refractivity contribution in [3.8, 4) is 17.2 Å². The molecular formula is C31H43NO4. The quantitative estimate of drug-likeness (QED) is 0.245. The summed E-state index contributed by atoms with van der Waals surface area (Å²) in [4.78, 5) is 12.8. The first-order valence-corrected chi connectivity index (χ1v) is 13.6. The molecule has 3 N–H and O–H groups in total. The summed E-state index contributed by atoms with van der Waals surface area (Å²) in [5.74, 6) is 1.31. The fraction of sp³-hybridized carbons (Fsp3) is 0.581. The van der Waals surface area contributed by atoms with E-state index in [-0.39, 0.29) is 39.7 Å². The van der Waals surface area contributed by atoms with E-state index < -0.39 is 0 Å². The number of phenols is 2. The Morgan fingerprint density at radius 1 is 1.00 bits per heavy atom. The van der Waals surface area contributed by atoms with Crippen LogP contribution < -0.4 is 10.1 Å². The molecule has 36 heavy (non-hydrogen) atoms. The van der Waals surface area contributed by atoms with Crippen molar-refractivity contribution in [2.75, 3.05) is 13.2 Å². The lowest BCUT2D eigenvalue weighted by atomic mass is 9.76. The van der Waals surface area contributed by atoms with Crippen molar-refractivity contribution in [3.05, 3.63) is 52.1 Å². The summed E-state index contributed by atoms with van der Waals surface area (Å²) in [7, 11) is 0. The number of carbonyl (C=O) groups excluding carboxylic acids is 1. The Balaban J connectivity index is 1.38. The molecule has 2 aliphatic rings. The number of carbonyl (C=O) groups is 1. The summed E-state index contributed by atoms with van der Waals surface area (Å²) in [6, 6.07) is 8.00. The minimum absolute atomic E-state index is 0.00404. The van der Waals surface area contributed by atoms with E-state index in [1.807, 2.05) is 0 Å². The van der Waals surface area contributed by atoms with Gasteiger partial charge in [-0.05, 0) is 78.9 Å².